The summed E-state index contributed by atoms with van der Waals surface area (Å²) in [5.41, 5.74) is 2.04. The Morgan fingerprint density at radius 2 is 2.00 bits per heavy atom. The van der Waals surface area contributed by atoms with E-state index in [1.165, 1.54) is 19.5 Å². The molecule has 2 aromatic rings. The van der Waals surface area contributed by atoms with Gasteiger partial charge in [-0.25, -0.2) is 14.8 Å². The third-order valence-electron chi connectivity index (χ3n) is 2.66. The van der Waals surface area contributed by atoms with Crippen molar-refractivity contribution in [3.63, 3.8) is 0 Å². The van der Waals surface area contributed by atoms with Gasteiger partial charge in [0.05, 0.1) is 32.3 Å². The smallest absolute Gasteiger partial charge is 0.358 e. The summed E-state index contributed by atoms with van der Waals surface area (Å²) in [5, 5.41) is 3.10. The number of anilines is 2. The number of nitrogens with zero attached hydrogens (tertiary/aromatic N) is 2. The minimum absolute atomic E-state index is 0.161. The van der Waals surface area contributed by atoms with Crippen LogP contribution in [0.5, 0.6) is 5.75 Å². The molecule has 6 heteroatoms. The summed E-state index contributed by atoms with van der Waals surface area (Å²) in [6, 6.07) is 5.76. The van der Waals surface area contributed by atoms with Crippen LogP contribution >= 0.6 is 0 Å². The second-order valence-corrected chi connectivity index (χ2v) is 4.11. The molecule has 0 bridgehead atoms. The molecule has 2 rings (SSSR count). The van der Waals surface area contributed by atoms with Crippen LogP contribution in [-0.4, -0.2) is 30.2 Å². The highest BCUT2D eigenvalue weighted by Crippen LogP contribution is 2.27. The van der Waals surface area contributed by atoms with Crippen molar-refractivity contribution in [1.29, 1.82) is 0 Å². The fraction of sp³-hybridized carbons (Fsp3) is 0.214. The molecule has 6 nitrogen and oxygen atoms in total. The van der Waals surface area contributed by atoms with Gasteiger partial charge in [0.25, 0.3) is 0 Å². The first-order chi connectivity index (χ1) is 9.63. The van der Waals surface area contributed by atoms with Gasteiger partial charge >= 0.3 is 5.97 Å². The number of aryl methyl sites for hydroxylation is 1. The van der Waals surface area contributed by atoms with Crippen LogP contribution in [0.1, 0.15) is 16.1 Å². The average molecular weight is 273 g/mol. The number of nitrogens with one attached hydrogen (secondary N) is 1. The number of ether oxygens (including phenoxy) is 2. The third-order valence-corrected chi connectivity index (χ3v) is 2.66. The summed E-state index contributed by atoms with van der Waals surface area (Å²) in [5.74, 6) is 0.702. The standard InChI is InChI=1S/C14H15N3O3/c1-9-4-5-12(19-2)10(6-9)17-13-8-15-11(7-16-13)14(18)20-3/h4-8H,1-3H3,(H,16,17). The minimum Gasteiger partial charge on any atom is -0.495 e. The minimum atomic E-state index is -0.516. The van der Waals surface area contributed by atoms with E-state index in [0.29, 0.717) is 11.6 Å². The van der Waals surface area contributed by atoms with Crippen molar-refractivity contribution in [1.82, 2.24) is 9.97 Å². The topological polar surface area (TPSA) is 73.3 Å². The molecule has 0 saturated carbocycles. The van der Waals surface area contributed by atoms with E-state index in [1.807, 2.05) is 25.1 Å². The van der Waals surface area contributed by atoms with Crippen LogP contribution in [-0.2, 0) is 4.74 Å². The van der Waals surface area contributed by atoms with Crippen molar-refractivity contribution in [2.24, 2.45) is 0 Å². The number of rotatable bonds is 4. The molecule has 0 saturated heterocycles. The Kier molecular flexibility index (Phi) is 4.14. The van der Waals surface area contributed by atoms with Gasteiger partial charge in [-0.3, -0.25) is 0 Å². The fourth-order valence-corrected chi connectivity index (χ4v) is 1.66. The molecule has 0 aliphatic carbocycles. The first-order valence-corrected chi connectivity index (χ1v) is 5.96. The predicted octanol–water partition coefficient (Wildman–Crippen LogP) is 2.32. The van der Waals surface area contributed by atoms with E-state index in [9.17, 15) is 4.79 Å². The molecular weight excluding hydrogens is 258 g/mol. The summed E-state index contributed by atoms with van der Waals surface area (Å²) in [4.78, 5) is 19.4. The number of aromatic nitrogens is 2. The summed E-state index contributed by atoms with van der Waals surface area (Å²) < 4.78 is 9.83. The SMILES string of the molecule is COC(=O)c1cnc(Nc2cc(C)ccc2OC)cn1. The van der Waals surface area contributed by atoms with Crippen LogP contribution in [0.2, 0.25) is 0 Å². The van der Waals surface area contributed by atoms with Crippen LogP contribution in [0.15, 0.2) is 30.6 Å². The molecular formula is C14H15N3O3. The van der Waals surface area contributed by atoms with Gasteiger partial charge in [-0.1, -0.05) is 6.07 Å². The second-order valence-electron chi connectivity index (χ2n) is 4.11. The van der Waals surface area contributed by atoms with E-state index in [0.717, 1.165) is 11.3 Å². The largest absolute Gasteiger partial charge is 0.495 e. The lowest BCUT2D eigenvalue weighted by Gasteiger charge is -2.11. The molecule has 0 unspecified atom stereocenters. The molecule has 0 atom stereocenters. The van der Waals surface area contributed by atoms with E-state index in [2.05, 4.69) is 20.0 Å². The summed E-state index contributed by atoms with van der Waals surface area (Å²) >= 11 is 0. The lowest BCUT2D eigenvalue weighted by Crippen LogP contribution is -2.06. The Labute approximate surface area is 116 Å². The van der Waals surface area contributed by atoms with Crippen molar-refractivity contribution in [2.75, 3.05) is 19.5 Å². The highest BCUT2D eigenvalue weighted by Gasteiger charge is 2.09. The van der Waals surface area contributed by atoms with Gasteiger partial charge in [-0.15, -0.1) is 0 Å². The predicted molar refractivity (Wildman–Crippen MR) is 74.4 cm³/mol. The van der Waals surface area contributed by atoms with Gasteiger partial charge in [0.1, 0.15) is 11.6 Å². The van der Waals surface area contributed by atoms with Crippen LogP contribution < -0.4 is 10.1 Å². The number of carbonyl (C=O) groups is 1. The maximum absolute atomic E-state index is 11.3. The van der Waals surface area contributed by atoms with Crippen LogP contribution in [0.3, 0.4) is 0 Å². The van der Waals surface area contributed by atoms with Crippen molar-refractivity contribution < 1.29 is 14.3 Å². The Balaban J connectivity index is 2.22. The summed E-state index contributed by atoms with van der Waals surface area (Å²) in [6.07, 6.45) is 2.82. The maximum Gasteiger partial charge on any atom is 0.358 e. The van der Waals surface area contributed by atoms with Gasteiger partial charge in [-0.2, -0.15) is 0 Å². The molecule has 1 heterocycles. The van der Waals surface area contributed by atoms with E-state index < -0.39 is 5.97 Å². The Morgan fingerprint density at radius 3 is 2.60 bits per heavy atom. The zero-order valence-electron chi connectivity index (χ0n) is 11.5. The molecule has 0 aliphatic rings. The number of hydrogen-bond acceptors (Lipinski definition) is 6. The van der Waals surface area contributed by atoms with Crippen LogP contribution in [0, 0.1) is 6.92 Å². The monoisotopic (exact) mass is 273 g/mol. The highest BCUT2D eigenvalue weighted by molar-refractivity contribution is 5.86. The molecule has 20 heavy (non-hydrogen) atoms. The van der Waals surface area contributed by atoms with Gasteiger partial charge in [-0.05, 0) is 24.6 Å². The Morgan fingerprint density at radius 1 is 1.20 bits per heavy atom. The quantitative estimate of drug-likeness (QED) is 0.862. The van der Waals surface area contributed by atoms with Gasteiger partial charge in [0, 0.05) is 0 Å². The van der Waals surface area contributed by atoms with Crippen molar-refractivity contribution in [3.05, 3.63) is 41.9 Å². The normalized spacial score (nSPS) is 9.95. The van der Waals surface area contributed by atoms with E-state index in [1.54, 1.807) is 7.11 Å². The number of esters is 1. The van der Waals surface area contributed by atoms with E-state index >= 15 is 0 Å². The third kappa shape index (κ3) is 3.03. The van der Waals surface area contributed by atoms with Crippen LogP contribution in [0.25, 0.3) is 0 Å². The zero-order valence-corrected chi connectivity index (χ0v) is 11.5. The van der Waals surface area contributed by atoms with E-state index in [4.69, 9.17) is 4.74 Å². The van der Waals surface area contributed by atoms with Gasteiger partial charge < -0.3 is 14.8 Å². The lowest BCUT2D eigenvalue weighted by atomic mass is 10.2. The van der Waals surface area contributed by atoms with Gasteiger partial charge in [0.15, 0.2) is 5.69 Å². The average Bonchev–Trinajstić information content (AvgIpc) is 2.47. The zero-order chi connectivity index (χ0) is 14.5. The lowest BCUT2D eigenvalue weighted by molar-refractivity contribution is 0.0593. The fourth-order valence-electron chi connectivity index (χ4n) is 1.66. The molecule has 0 amide bonds. The first kappa shape index (κ1) is 13.8. The number of benzene rings is 1. The summed E-state index contributed by atoms with van der Waals surface area (Å²) in [7, 11) is 2.90. The molecule has 0 radical (unpaired) electrons. The van der Waals surface area contributed by atoms with Crippen molar-refractivity contribution in [2.45, 2.75) is 6.92 Å². The molecule has 1 aromatic heterocycles. The maximum atomic E-state index is 11.3. The number of methoxy groups -OCH3 is 2. The molecule has 0 spiro atoms. The molecule has 0 fully saturated rings. The Hall–Kier alpha value is -2.63. The van der Waals surface area contributed by atoms with Gasteiger partial charge in [0.2, 0.25) is 0 Å². The molecule has 0 aliphatic heterocycles. The Bertz CT molecular complexity index is 612. The molecule has 1 N–H and O–H groups in total. The number of carbonyl (C=O) groups excluding carboxylic acids is 1. The molecule has 1 aromatic carbocycles. The first-order valence-electron chi connectivity index (χ1n) is 5.96. The number of hydrogen-bond donors (Lipinski definition) is 1. The van der Waals surface area contributed by atoms with Crippen molar-refractivity contribution >= 4 is 17.5 Å². The second kappa shape index (κ2) is 6.01. The van der Waals surface area contributed by atoms with Crippen LogP contribution in [0.4, 0.5) is 11.5 Å². The molecule has 104 valence electrons. The van der Waals surface area contributed by atoms with E-state index in [-0.39, 0.29) is 5.69 Å². The highest BCUT2D eigenvalue weighted by atomic mass is 16.5. The summed E-state index contributed by atoms with van der Waals surface area (Å²) in [6.45, 7) is 1.98. The van der Waals surface area contributed by atoms with Crippen molar-refractivity contribution in [3.8, 4) is 5.75 Å².